The molecule has 2 aromatic rings. The first-order chi connectivity index (χ1) is 20.7. The van der Waals surface area contributed by atoms with Crippen molar-refractivity contribution < 1.29 is 48.8 Å². The number of fused-ring (bicyclic) bond motifs is 4. The van der Waals surface area contributed by atoms with Crippen LogP contribution in [0, 0.1) is 17.8 Å². The van der Waals surface area contributed by atoms with Crippen LogP contribution >= 0.6 is 23.2 Å². The minimum absolute atomic E-state index is 0.0215. The number of likely N-dealkylation sites (tertiary alicyclic amines) is 1. The van der Waals surface area contributed by atoms with Crippen LogP contribution in [-0.4, -0.2) is 80.8 Å². The molecule has 2 heterocycles. The zero-order chi connectivity index (χ0) is 32.0. The van der Waals surface area contributed by atoms with Gasteiger partial charge in [0.05, 0.1) is 31.7 Å². The van der Waals surface area contributed by atoms with E-state index in [0.29, 0.717) is 5.57 Å². The van der Waals surface area contributed by atoms with E-state index >= 15 is 0 Å². The minimum Gasteiger partial charge on any atom is -0.508 e. The molecule has 14 heteroatoms. The van der Waals surface area contributed by atoms with E-state index in [4.69, 9.17) is 32.7 Å². The number of methoxy groups -OCH3 is 2. The molecule has 0 bridgehead atoms. The predicted octanol–water partition coefficient (Wildman–Crippen LogP) is 3.01. The van der Waals surface area contributed by atoms with Crippen molar-refractivity contribution in [2.24, 2.45) is 17.8 Å². The van der Waals surface area contributed by atoms with Gasteiger partial charge < -0.3 is 24.8 Å². The van der Waals surface area contributed by atoms with Gasteiger partial charge >= 0.3 is 5.97 Å². The molecule has 1 saturated carbocycles. The van der Waals surface area contributed by atoms with Gasteiger partial charge in [0.2, 0.25) is 11.8 Å². The molecule has 2 aromatic carbocycles. The largest absolute Gasteiger partial charge is 0.508 e. The Morgan fingerprint density at radius 3 is 2.16 bits per heavy atom. The second kappa shape index (κ2) is 9.86. The second-order valence-corrected chi connectivity index (χ2v) is 12.5. The number of allylic oxidation sites excluding steroid dienone is 2. The SMILES string of the molecule is COc1cc(O)cc(OC)c1C1C2=CCC3C(=O)N(c4ccc(C(=O)O)c(O)c4)C(=O)C3C2CC2(Cl)C(=O)N(C)C(=O)C12Cl. The van der Waals surface area contributed by atoms with Crippen LogP contribution in [0.3, 0.4) is 0 Å². The number of carbonyl (C=O) groups excluding carboxylic acids is 4. The number of carbonyl (C=O) groups is 5. The molecule has 3 fully saturated rings. The average molecular weight is 645 g/mol. The number of rotatable bonds is 5. The number of carboxylic acid groups (broad SMARTS) is 1. The molecule has 4 amide bonds. The van der Waals surface area contributed by atoms with E-state index < -0.39 is 74.3 Å². The molecule has 0 radical (unpaired) electrons. The summed E-state index contributed by atoms with van der Waals surface area (Å²) in [4.78, 5) is 64.3. The Bertz CT molecular complexity index is 1700. The number of phenolic OH excluding ortho intramolecular Hbond substituents is 1. The van der Waals surface area contributed by atoms with Crippen molar-refractivity contribution in [2.45, 2.75) is 28.5 Å². The fraction of sp³-hybridized carbons (Fsp3) is 0.367. The maximum Gasteiger partial charge on any atom is 0.339 e. The van der Waals surface area contributed by atoms with Gasteiger partial charge in [-0.1, -0.05) is 11.6 Å². The highest BCUT2D eigenvalue weighted by Crippen LogP contribution is 2.67. The number of alkyl halides is 2. The molecule has 2 saturated heterocycles. The van der Waals surface area contributed by atoms with E-state index in [2.05, 4.69) is 0 Å². The number of phenols is 2. The van der Waals surface area contributed by atoms with Gasteiger partial charge in [-0.15, -0.1) is 23.2 Å². The molecule has 4 aliphatic rings. The fourth-order valence-corrected chi connectivity index (χ4v) is 8.37. The summed E-state index contributed by atoms with van der Waals surface area (Å²) in [6.07, 6.45) is 1.53. The average Bonchev–Trinajstić information content (AvgIpc) is 3.31. The zero-order valence-corrected chi connectivity index (χ0v) is 25.0. The lowest BCUT2D eigenvalue weighted by molar-refractivity contribution is -0.138. The summed E-state index contributed by atoms with van der Waals surface area (Å²) in [6, 6.07) is 5.97. The van der Waals surface area contributed by atoms with Crippen molar-refractivity contribution in [3.8, 4) is 23.0 Å². The Morgan fingerprint density at radius 2 is 1.59 bits per heavy atom. The van der Waals surface area contributed by atoms with Gasteiger partial charge in [-0.2, -0.15) is 0 Å². The molecular weight excluding hydrogens is 619 g/mol. The Hall–Kier alpha value is -4.29. The van der Waals surface area contributed by atoms with Crippen molar-refractivity contribution in [3.05, 3.63) is 53.1 Å². The third-order valence-electron chi connectivity index (χ3n) is 9.30. The molecule has 2 aliphatic carbocycles. The molecule has 0 spiro atoms. The molecule has 44 heavy (non-hydrogen) atoms. The van der Waals surface area contributed by atoms with Crippen LogP contribution in [0.2, 0.25) is 0 Å². The van der Waals surface area contributed by atoms with E-state index in [-0.39, 0.29) is 41.3 Å². The maximum absolute atomic E-state index is 14.1. The molecule has 6 atom stereocenters. The third kappa shape index (κ3) is 3.67. The van der Waals surface area contributed by atoms with Gasteiger partial charge in [0.15, 0.2) is 9.75 Å². The first-order valence-electron chi connectivity index (χ1n) is 13.5. The zero-order valence-electron chi connectivity index (χ0n) is 23.5. The van der Waals surface area contributed by atoms with Gasteiger partial charge in [0, 0.05) is 36.7 Å². The van der Waals surface area contributed by atoms with Crippen LogP contribution in [0.15, 0.2) is 42.0 Å². The monoisotopic (exact) mass is 644 g/mol. The lowest BCUT2D eigenvalue weighted by Crippen LogP contribution is -2.60. The summed E-state index contributed by atoms with van der Waals surface area (Å²) in [5.74, 6) is -8.77. The van der Waals surface area contributed by atoms with Crippen LogP contribution in [0.4, 0.5) is 5.69 Å². The highest BCUT2D eigenvalue weighted by molar-refractivity contribution is 6.53. The molecule has 230 valence electrons. The van der Waals surface area contributed by atoms with Crippen LogP contribution in [0.5, 0.6) is 23.0 Å². The molecule has 6 unspecified atom stereocenters. The van der Waals surface area contributed by atoms with E-state index in [1.807, 2.05) is 0 Å². The van der Waals surface area contributed by atoms with Gasteiger partial charge in [-0.3, -0.25) is 24.1 Å². The van der Waals surface area contributed by atoms with Gasteiger partial charge in [0.1, 0.15) is 28.6 Å². The quantitative estimate of drug-likeness (QED) is 0.250. The van der Waals surface area contributed by atoms with Crippen molar-refractivity contribution in [1.82, 2.24) is 4.90 Å². The summed E-state index contributed by atoms with van der Waals surface area (Å²) < 4.78 is 11.2. The topological polar surface area (TPSA) is 171 Å². The van der Waals surface area contributed by atoms with Crippen LogP contribution < -0.4 is 14.4 Å². The molecule has 3 N–H and O–H groups in total. The van der Waals surface area contributed by atoms with Crippen molar-refractivity contribution in [3.63, 3.8) is 0 Å². The van der Waals surface area contributed by atoms with Crippen LogP contribution in [0.25, 0.3) is 0 Å². The van der Waals surface area contributed by atoms with Crippen molar-refractivity contribution >= 4 is 58.5 Å². The molecular formula is C30H26Cl2N2O10. The number of nitrogens with zero attached hydrogens (tertiary/aromatic N) is 2. The minimum atomic E-state index is -2.10. The number of hydrogen-bond donors (Lipinski definition) is 3. The number of imide groups is 2. The number of aromatic carboxylic acids is 1. The Balaban J connectivity index is 1.54. The highest BCUT2D eigenvalue weighted by atomic mass is 35.5. The molecule has 2 aliphatic heterocycles. The van der Waals surface area contributed by atoms with Crippen LogP contribution in [-0.2, 0) is 19.2 Å². The van der Waals surface area contributed by atoms with Crippen molar-refractivity contribution in [1.29, 1.82) is 0 Å². The first-order valence-corrected chi connectivity index (χ1v) is 14.3. The summed E-state index contributed by atoms with van der Waals surface area (Å²) >= 11 is 14.4. The van der Waals surface area contributed by atoms with E-state index in [1.165, 1.54) is 39.5 Å². The summed E-state index contributed by atoms with van der Waals surface area (Å²) in [5, 5.41) is 29.9. The molecule has 6 rings (SSSR count). The number of hydrogen-bond acceptors (Lipinski definition) is 9. The van der Waals surface area contributed by atoms with Gasteiger partial charge in [-0.25, -0.2) is 9.69 Å². The Morgan fingerprint density at radius 1 is 0.955 bits per heavy atom. The normalized spacial score (nSPS) is 31.0. The molecule has 0 aromatic heterocycles. The van der Waals surface area contributed by atoms with Crippen LogP contribution in [0.1, 0.15) is 34.7 Å². The fourth-order valence-electron chi connectivity index (χ4n) is 7.37. The summed E-state index contributed by atoms with van der Waals surface area (Å²) in [7, 11) is 3.95. The molecule has 12 nitrogen and oxygen atoms in total. The van der Waals surface area contributed by atoms with Gasteiger partial charge in [-0.05, 0) is 30.9 Å². The number of carboxylic acids is 1. The smallest absolute Gasteiger partial charge is 0.339 e. The first kappa shape index (κ1) is 29.8. The van der Waals surface area contributed by atoms with Gasteiger partial charge in [0.25, 0.3) is 11.8 Å². The Labute approximate surface area is 260 Å². The highest BCUT2D eigenvalue weighted by Gasteiger charge is 2.76. The number of benzene rings is 2. The summed E-state index contributed by atoms with van der Waals surface area (Å²) in [6.45, 7) is 0. The standard InChI is InChI=1S/C30H26Cl2N2O10/c1-33-27(41)29(31)11-17-14(23(30(29,32)28(33)42)22-19(43-2)9-13(35)10-20(22)44-3)6-7-16-21(17)25(38)34(24(16)37)12-4-5-15(26(39)40)18(36)8-12/h4-6,8-10,16-17,21,23,35-36H,7,11H2,1-3H3,(H,39,40). The van der Waals surface area contributed by atoms with E-state index in [9.17, 15) is 39.3 Å². The number of anilines is 1. The third-order valence-corrected chi connectivity index (χ3v) is 10.7. The van der Waals surface area contributed by atoms with Crippen molar-refractivity contribution in [2.75, 3.05) is 26.2 Å². The lowest BCUT2D eigenvalue weighted by Gasteiger charge is -2.51. The Kier molecular flexibility index (Phi) is 6.67. The number of halogens is 2. The number of amides is 4. The maximum atomic E-state index is 14.1. The predicted molar refractivity (Wildman–Crippen MR) is 154 cm³/mol. The second-order valence-electron chi connectivity index (χ2n) is 11.3. The number of ether oxygens (including phenoxy) is 2. The summed E-state index contributed by atoms with van der Waals surface area (Å²) in [5.41, 5.74) is 0.272. The number of aromatic hydroxyl groups is 2. The van der Waals surface area contributed by atoms with E-state index in [1.54, 1.807) is 6.08 Å². The van der Waals surface area contributed by atoms with E-state index in [0.717, 1.165) is 21.9 Å². The lowest BCUT2D eigenvalue weighted by atomic mass is 9.56.